The third-order valence-corrected chi connectivity index (χ3v) is 2.18. The smallest absolute Gasteiger partial charge is 0.419 e. The molecule has 0 unspecified atom stereocenters. The van der Waals surface area contributed by atoms with Crippen LogP contribution >= 0.6 is 0 Å². The lowest BCUT2D eigenvalue weighted by Gasteiger charge is -2.19. The van der Waals surface area contributed by atoms with Crippen molar-refractivity contribution in [3.8, 4) is 0 Å². The van der Waals surface area contributed by atoms with Crippen molar-refractivity contribution in [2.75, 3.05) is 0 Å². The molecule has 4 heteroatoms. The van der Waals surface area contributed by atoms with E-state index in [0.717, 1.165) is 0 Å². The molecule has 0 atom stereocenters. The van der Waals surface area contributed by atoms with Gasteiger partial charge in [0.25, 0.3) is 0 Å². The molecule has 0 saturated heterocycles. The maximum Gasteiger partial charge on any atom is 0.419 e. The Morgan fingerprint density at radius 2 is 2.12 bits per heavy atom. The van der Waals surface area contributed by atoms with Crippen molar-refractivity contribution < 1.29 is 13.9 Å². The van der Waals surface area contributed by atoms with Crippen LogP contribution in [0.3, 0.4) is 0 Å². The lowest BCUT2D eigenvalue weighted by Crippen LogP contribution is -2.26. The Balaban J connectivity index is 2.43. The second kappa shape index (κ2) is 3.87. The van der Waals surface area contributed by atoms with Gasteiger partial charge in [0, 0.05) is 5.39 Å². The Labute approximate surface area is 98.8 Å². The van der Waals surface area contributed by atoms with Crippen LogP contribution in [0.15, 0.2) is 24.3 Å². The van der Waals surface area contributed by atoms with Gasteiger partial charge >= 0.3 is 6.09 Å². The van der Waals surface area contributed by atoms with Crippen LogP contribution < -0.4 is 0 Å². The minimum Gasteiger partial charge on any atom is -0.443 e. The summed E-state index contributed by atoms with van der Waals surface area (Å²) >= 11 is 0. The molecule has 2 aromatic rings. The minimum absolute atomic E-state index is 0.360. The van der Waals surface area contributed by atoms with Gasteiger partial charge in [-0.1, -0.05) is 6.07 Å². The van der Waals surface area contributed by atoms with Gasteiger partial charge in [-0.25, -0.2) is 13.8 Å². The zero-order valence-electron chi connectivity index (χ0n) is 9.95. The number of aromatic nitrogens is 1. The number of nitrogens with zero attached hydrogens (tertiary/aromatic N) is 1. The van der Waals surface area contributed by atoms with Gasteiger partial charge in [-0.2, -0.15) is 0 Å². The van der Waals surface area contributed by atoms with Gasteiger partial charge in [-0.05, 0) is 39.0 Å². The van der Waals surface area contributed by atoms with Gasteiger partial charge in [0.1, 0.15) is 11.4 Å². The van der Waals surface area contributed by atoms with E-state index in [-0.39, 0.29) is 5.82 Å². The summed E-state index contributed by atoms with van der Waals surface area (Å²) in [5.74, 6) is -0.374. The molecule has 89 valence electrons. The predicted molar refractivity (Wildman–Crippen MR) is 62.4 cm³/mol. The summed E-state index contributed by atoms with van der Waals surface area (Å²) in [5.41, 5.74) is -0.131. The number of hydrogen-bond donors (Lipinski definition) is 0. The molecule has 3 nitrogen and oxygen atoms in total. The Morgan fingerprint density at radius 3 is 2.76 bits per heavy atom. The highest BCUT2D eigenvalue weighted by atomic mass is 19.1. The van der Waals surface area contributed by atoms with Gasteiger partial charge < -0.3 is 4.74 Å². The van der Waals surface area contributed by atoms with Crippen LogP contribution in [0.25, 0.3) is 10.9 Å². The van der Waals surface area contributed by atoms with Crippen LogP contribution in [0, 0.1) is 12.0 Å². The van der Waals surface area contributed by atoms with Gasteiger partial charge in [0.15, 0.2) is 0 Å². The molecule has 1 aromatic heterocycles. The SMILES string of the molecule is CC(C)(C)OC(=O)n1[c]cc2c(F)cccc21. The third-order valence-electron chi connectivity index (χ3n) is 2.18. The second-order valence-corrected chi connectivity index (χ2v) is 4.76. The minimum atomic E-state index is -0.588. The molecule has 0 bridgehead atoms. The molecular weight excluding hydrogens is 221 g/mol. The molecule has 0 aliphatic carbocycles. The van der Waals surface area contributed by atoms with Crippen LogP contribution in [-0.2, 0) is 4.74 Å². The van der Waals surface area contributed by atoms with E-state index in [2.05, 4.69) is 6.20 Å². The first-order chi connectivity index (χ1) is 7.88. The molecule has 2 rings (SSSR count). The van der Waals surface area contributed by atoms with E-state index in [1.807, 2.05) is 0 Å². The van der Waals surface area contributed by atoms with Crippen molar-refractivity contribution >= 4 is 17.0 Å². The fourth-order valence-corrected chi connectivity index (χ4v) is 1.52. The Hall–Kier alpha value is -1.84. The van der Waals surface area contributed by atoms with Crippen molar-refractivity contribution in [3.05, 3.63) is 36.3 Å². The molecule has 17 heavy (non-hydrogen) atoms. The van der Waals surface area contributed by atoms with Crippen LogP contribution in [-0.4, -0.2) is 16.3 Å². The molecule has 1 aromatic carbocycles. The Kier molecular flexibility index (Phi) is 2.65. The number of halogens is 1. The number of rotatable bonds is 0. The van der Waals surface area contributed by atoms with Crippen LogP contribution in [0.2, 0.25) is 0 Å². The first-order valence-corrected chi connectivity index (χ1v) is 5.29. The largest absolute Gasteiger partial charge is 0.443 e. The molecule has 0 aliphatic rings. The Bertz CT molecular complexity index is 566. The summed E-state index contributed by atoms with van der Waals surface area (Å²) in [6.07, 6.45) is 2.12. The molecule has 0 saturated carbocycles. The lowest BCUT2D eigenvalue weighted by molar-refractivity contribution is 0.0543. The quantitative estimate of drug-likeness (QED) is 0.699. The fourth-order valence-electron chi connectivity index (χ4n) is 1.52. The normalized spacial score (nSPS) is 11.8. The summed E-state index contributed by atoms with van der Waals surface area (Å²) in [5, 5.41) is 0.360. The number of fused-ring (bicyclic) bond motifs is 1. The van der Waals surface area contributed by atoms with Crippen molar-refractivity contribution in [2.24, 2.45) is 0 Å². The number of carbonyl (C=O) groups excluding carboxylic acids is 1. The maximum atomic E-state index is 13.4. The average Bonchev–Trinajstić information content (AvgIpc) is 2.60. The Morgan fingerprint density at radius 1 is 1.41 bits per heavy atom. The number of hydrogen-bond acceptors (Lipinski definition) is 2. The molecule has 1 heterocycles. The highest BCUT2D eigenvalue weighted by molar-refractivity contribution is 5.89. The lowest BCUT2D eigenvalue weighted by atomic mass is 10.2. The van der Waals surface area contributed by atoms with E-state index >= 15 is 0 Å². The van der Waals surface area contributed by atoms with Gasteiger partial charge in [0.2, 0.25) is 0 Å². The summed E-state index contributed by atoms with van der Waals surface area (Å²) in [6, 6.07) is 5.98. The zero-order chi connectivity index (χ0) is 12.6. The van der Waals surface area contributed by atoms with E-state index in [0.29, 0.717) is 10.9 Å². The topological polar surface area (TPSA) is 31.2 Å². The summed E-state index contributed by atoms with van der Waals surface area (Å²) in [4.78, 5) is 11.8. The number of benzene rings is 1. The van der Waals surface area contributed by atoms with Crippen molar-refractivity contribution in [2.45, 2.75) is 26.4 Å². The zero-order valence-corrected chi connectivity index (χ0v) is 9.95. The van der Waals surface area contributed by atoms with Crippen molar-refractivity contribution in [1.29, 1.82) is 0 Å². The first-order valence-electron chi connectivity index (χ1n) is 5.29. The maximum absolute atomic E-state index is 13.4. The van der Waals surface area contributed by atoms with E-state index in [1.165, 1.54) is 16.7 Å². The summed E-state index contributed by atoms with van der Waals surface area (Å²) in [7, 11) is 0. The highest BCUT2D eigenvalue weighted by Gasteiger charge is 2.19. The summed E-state index contributed by atoms with van der Waals surface area (Å²) in [6.45, 7) is 5.32. The van der Waals surface area contributed by atoms with Crippen LogP contribution in [0.5, 0.6) is 0 Å². The molecular formula is C13H13FNO2. The van der Waals surface area contributed by atoms with E-state index in [1.54, 1.807) is 32.9 Å². The molecule has 0 N–H and O–H groups in total. The van der Waals surface area contributed by atoms with E-state index in [4.69, 9.17) is 4.74 Å². The van der Waals surface area contributed by atoms with E-state index < -0.39 is 11.7 Å². The van der Waals surface area contributed by atoms with Gasteiger partial charge in [-0.15, -0.1) is 0 Å². The molecule has 0 aliphatic heterocycles. The fraction of sp³-hybridized carbons (Fsp3) is 0.308. The van der Waals surface area contributed by atoms with Crippen LogP contribution in [0.1, 0.15) is 20.8 Å². The highest BCUT2D eigenvalue weighted by Crippen LogP contribution is 2.20. The second-order valence-electron chi connectivity index (χ2n) is 4.76. The molecule has 0 amide bonds. The van der Waals surface area contributed by atoms with Crippen molar-refractivity contribution in [3.63, 3.8) is 0 Å². The third kappa shape index (κ3) is 2.30. The first kappa shape index (κ1) is 11.6. The van der Waals surface area contributed by atoms with Crippen molar-refractivity contribution in [1.82, 2.24) is 4.57 Å². The van der Waals surface area contributed by atoms with Gasteiger partial charge in [0.05, 0.1) is 11.7 Å². The molecule has 0 spiro atoms. The standard InChI is InChI=1S/C13H13FNO2/c1-13(2,3)17-12(16)15-8-7-9-10(14)5-4-6-11(9)15/h4-7H,1-3H3. The summed E-state index contributed by atoms with van der Waals surface area (Å²) < 4.78 is 19.8. The number of carbonyl (C=O) groups is 1. The molecule has 0 fully saturated rings. The predicted octanol–water partition coefficient (Wildman–Crippen LogP) is 3.36. The van der Waals surface area contributed by atoms with Crippen LogP contribution in [0.4, 0.5) is 9.18 Å². The number of ether oxygens (including phenoxy) is 1. The van der Waals surface area contributed by atoms with Gasteiger partial charge in [-0.3, -0.25) is 0 Å². The average molecular weight is 234 g/mol. The molecule has 1 radical (unpaired) electrons. The van der Waals surface area contributed by atoms with E-state index in [9.17, 15) is 9.18 Å². The monoisotopic (exact) mass is 234 g/mol.